The molecule has 2 rings (SSSR count). The van der Waals surface area contributed by atoms with Crippen molar-refractivity contribution in [3.8, 4) is 0 Å². The minimum absolute atomic E-state index is 0.184. The van der Waals surface area contributed by atoms with Crippen molar-refractivity contribution in [1.29, 1.82) is 0 Å². The molecule has 21 heavy (non-hydrogen) atoms. The zero-order valence-electron chi connectivity index (χ0n) is 12.8. The Morgan fingerprint density at radius 2 is 1.95 bits per heavy atom. The predicted octanol–water partition coefficient (Wildman–Crippen LogP) is 2.20. The molecule has 1 aromatic rings. The molecule has 1 aliphatic heterocycles. The number of carbonyl (C=O) groups is 2. The molecule has 6 heteroatoms. The highest BCUT2D eigenvalue weighted by Crippen LogP contribution is 2.27. The van der Waals surface area contributed by atoms with Crippen molar-refractivity contribution >= 4 is 12.1 Å². The van der Waals surface area contributed by atoms with Gasteiger partial charge in [0.05, 0.1) is 12.7 Å². The molecule has 0 atom stereocenters. The zero-order chi connectivity index (χ0) is 15.6. The molecule has 0 radical (unpaired) electrons. The summed E-state index contributed by atoms with van der Waals surface area (Å²) in [6.45, 7) is 6.69. The molecule has 1 aromatic heterocycles. The molecule has 1 saturated heterocycles. The molecule has 0 unspecified atom stereocenters. The molecular weight excluding hydrogens is 272 g/mol. The van der Waals surface area contributed by atoms with Crippen molar-refractivity contribution in [2.45, 2.75) is 32.3 Å². The molecule has 6 nitrogen and oxygen atoms in total. The SMILES string of the molecule is COC(=O)c1ccc(C2CN(C(=O)OC(C)(C)C)C2)nc1. The summed E-state index contributed by atoms with van der Waals surface area (Å²) in [5.74, 6) is -0.220. The summed E-state index contributed by atoms with van der Waals surface area (Å²) in [7, 11) is 1.33. The first-order chi connectivity index (χ1) is 9.80. The van der Waals surface area contributed by atoms with Gasteiger partial charge in [0.1, 0.15) is 5.60 Å². The molecular formula is C15H20N2O4. The minimum Gasteiger partial charge on any atom is -0.465 e. The van der Waals surface area contributed by atoms with Gasteiger partial charge in [0.15, 0.2) is 0 Å². The second-order valence-corrected chi connectivity index (χ2v) is 6.05. The third-order valence-electron chi connectivity index (χ3n) is 3.16. The van der Waals surface area contributed by atoms with E-state index in [0.29, 0.717) is 18.7 Å². The first kappa shape index (κ1) is 15.3. The van der Waals surface area contributed by atoms with Gasteiger partial charge < -0.3 is 14.4 Å². The average molecular weight is 292 g/mol. The van der Waals surface area contributed by atoms with Gasteiger partial charge in [-0.05, 0) is 32.9 Å². The van der Waals surface area contributed by atoms with Gasteiger partial charge in [-0.1, -0.05) is 0 Å². The van der Waals surface area contributed by atoms with Crippen molar-refractivity contribution < 1.29 is 19.1 Å². The van der Waals surface area contributed by atoms with Crippen LogP contribution in [0.25, 0.3) is 0 Å². The lowest BCUT2D eigenvalue weighted by Gasteiger charge is -2.39. The number of hydrogen-bond donors (Lipinski definition) is 0. The number of methoxy groups -OCH3 is 1. The number of ether oxygens (including phenoxy) is 2. The van der Waals surface area contributed by atoms with Crippen LogP contribution in [0.15, 0.2) is 18.3 Å². The van der Waals surface area contributed by atoms with Crippen LogP contribution in [0.2, 0.25) is 0 Å². The fourth-order valence-corrected chi connectivity index (χ4v) is 2.03. The normalized spacial score (nSPS) is 15.3. The molecule has 0 spiro atoms. The molecule has 1 fully saturated rings. The first-order valence-electron chi connectivity index (χ1n) is 6.82. The second-order valence-electron chi connectivity index (χ2n) is 6.05. The van der Waals surface area contributed by atoms with Crippen molar-refractivity contribution in [2.75, 3.05) is 20.2 Å². The first-order valence-corrected chi connectivity index (χ1v) is 6.82. The Morgan fingerprint density at radius 1 is 1.29 bits per heavy atom. The summed E-state index contributed by atoms with van der Waals surface area (Å²) in [5.41, 5.74) is 0.801. The molecule has 0 aromatic carbocycles. The van der Waals surface area contributed by atoms with Crippen molar-refractivity contribution in [3.63, 3.8) is 0 Å². The fourth-order valence-electron chi connectivity index (χ4n) is 2.03. The Balaban J connectivity index is 1.90. The number of esters is 1. The molecule has 0 aliphatic carbocycles. The van der Waals surface area contributed by atoms with Gasteiger partial charge in [0.25, 0.3) is 0 Å². The van der Waals surface area contributed by atoms with E-state index in [4.69, 9.17) is 4.74 Å². The van der Waals surface area contributed by atoms with E-state index < -0.39 is 11.6 Å². The van der Waals surface area contributed by atoms with Crippen LogP contribution in [0.3, 0.4) is 0 Å². The summed E-state index contributed by atoms with van der Waals surface area (Å²) >= 11 is 0. The Kier molecular flexibility index (Phi) is 4.16. The van der Waals surface area contributed by atoms with Gasteiger partial charge in [-0.15, -0.1) is 0 Å². The smallest absolute Gasteiger partial charge is 0.410 e. The number of aromatic nitrogens is 1. The third-order valence-corrected chi connectivity index (χ3v) is 3.16. The number of likely N-dealkylation sites (tertiary alicyclic amines) is 1. The predicted molar refractivity (Wildman–Crippen MR) is 76.1 cm³/mol. The maximum Gasteiger partial charge on any atom is 0.410 e. The third kappa shape index (κ3) is 3.71. The van der Waals surface area contributed by atoms with E-state index in [0.717, 1.165) is 5.69 Å². The summed E-state index contributed by atoms with van der Waals surface area (Å²) in [4.78, 5) is 29.0. The molecule has 0 N–H and O–H groups in total. The van der Waals surface area contributed by atoms with Crippen molar-refractivity contribution in [1.82, 2.24) is 9.88 Å². The highest BCUT2D eigenvalue weighted by molar-refractivity contribution is 5.88. The highest BCUT2D eigenvalue weighted by atomic mass is 16.6. The number of nitrogens with zero attached hydrogens (tertiary/aromatic N) is 2. The quantitative estimate of drug-likeness (QED) is 0.782. The monoisotopic (exact) mass is 292 g/mol. The van der Waals surface area contributed by atoms with Gasteiger partial charge in [-0.3, -0.25) is 4.98 Å². The molecule has 1 aliphatic rings. The zero-order valence-corrected chi connectivity index (χ0v) is 12.8. The average Bonchev–Trinajstić information content (AvgIpc) is 2.34. The highest BCUT2D eigenvalue weighted by Gasteiger charge is 2.35. The Bertz CT molecular complexity index is 528. The van der Waals surface area contributed by atoms with Gasteiger partial charge >= 0.3 is 12.1 Å². The van der Waals surface area contributed by atoms with E-state index in [1.165, 1.54) is 13.3 Å². The van der Waals surface area contributed by atoms with Gasteiger partial charge in [0, 0.05) is 30.9 Å². The standard InChI is InChI=1S/C15H20N2O4/c1-15(2,3)21-14(19)17-8-11(9-17)12-6-5-10(7-16-12)13(18)20-4/h5-7,11H,8-9H2,1-4H3. The van der Waals surface area contributed by atoms with E-state index in [2.05, 4.69) is 9.72 Å². The molecule has 114 valence electrons. The van der Waals surface area contributed by atoms with E-state index >= 15 is 0 Å². The van der Waals surface area contributed by atoms with E-state index in [1.807, 2.05) is 20.8 Å². The number of pyridine rings is 1. The fraction of sp³-hybridized carbons (Fsp3) is 0.533. The van der Waals surface area contributed by atoms with Gasteiger partial charge in [-0.2, -0.15) is 0 Å². The van der Waals surface area contributed by atoms with Crippen LogP contribution >= 0.6 is 0 Å². The number of rotatable bonds is 2. The molecule has 0 saturated carbocycles. The lowest BCUT2D eigenvalue weighted by molar-refractivity contribution is 0.00787. The lowest BCUT2D eigenvalue weighted by atomic mass is 9.96. The summed E-state index contributed by atoms with van der Waals surface area (Å²) in [6.07, 6.45) is 1.20. The van der Waals surface area contributed by atoms with Crippen molar-refractivity contribution in [2.24, 2.45) is 0 Å². The summed E-state index contributed by atoms with van der Waals surface area (Å²) < 4.78 is 9.92. The molecule has 1 amide bonds. The second kappa shape index (κ2) is 5.71. The van der Waals surface area contributed by atoms with Crippen LogP contribution in [0, 0.1) is 0 Å². The van der Waals surface area contributed by atoms with E-state index in [1.54, 1.807) is 17.0 Å². The Hall–Kier alpha value is -2.11. The number of carbonyl (C=O) groups excluding carboxylic acids is 2. The molecule has 0 bridgehead atoms. The van der Waals surface area contributed by atoms with Gasteiger partial charge in [-0.25, -0.2) is 9.59 Å². The van der Waals surface area contributed by atoms with E-state index in [-0.39, 0.29) is 12.0 Å². The van der Waals surface area contributed by atoms with E-state index in [9.17, 15) is 9.59 Å². The van der Waals surface area contributed by atoms with Crippen LogP contribution in [-0.4, -0.2) is 47.7 Å². The maximum atomic E-state index is 11.8. The van der Waals surface area contributed by atoms with Crippen molar-refractivity contribution in [3.05, 3.63) is 29.6 Å². The van der Waals surface area contributed by atoms with Gasteiger partial charge in [0.2, 0.25) is 0 Å². The summed E-state index contributed by atoms with van der Waals surface area (Å²) in [6, 6.07) is 3.48. The van der Waals surface area contributed by atoms with Crippen LogP contribution in [0.5, 0.6) is 0 Å². The van der Waals surface area contributed by atoms with Crippen LogP contribution in [0.1, 0.15) is 42.7 Å². The van der Waals surface area contributed by atoms with Crippen LogP contribution < -0.4 is 0 Å². The summed E-state index contributed by atoms with van der Waals surface area (Å²) in [5, 5.41) is 0. The molecule has 2 heterocycles. The Labute approximate surface area is 124 Å². The van der Waals surface area contributed by atoms with Crippen LogP contribution in [0.4, 0.5) is 4.79 Å². The number of amides is 1. The number of hydrogen-bond acceptors (Lipinski definition) is 5. The minimum atomic E-state index is -0.484. The maximum absolute atomic E-state index is 11.8. The topological polar surface area (TPSA) is 68.7 Å². The Morgan fingerprint density at radius 3 is 2.43 bits per heavy atom. The van der Waals surface area contributed by atoms with Crippen LogP contribution in [-0.2, 0) is 9.47 Å². The lowest BCUT2D eigenvalue weighted by Crippen LogP contribution is -2.50. The largest absolute Gasteiger partial charge is 0.465 e.